The minimum absolute atomic E-state index is 0.0118. The standard InChI is InChI=1S/C30H40N2O6/c1-18(2)38-23-12-10-19(16-24(23)37-9)26-25(28(34)29(35)32(26)15-14-31(6)7)27(33)21-17-20(30(3,4)5)11-13-22(21)36-8/h10-13,16-18,26,33H,14-15H2,1-9H3/b27-25+. The number of aliphatic hydroxyl groups excluding tert-OH is 1. The Morgan fingerprint density at radius 3 is 2.18 bits per heavy atom. The maximum absolute atomic E-state index is 13.5. The van der Waals surface area contributed by atoms with Gasteiger partial charge in [-0.2, -0.15) is 0 Å². The van der Waals surface area contributed by atoms with Crippen LogP contribution in [0.2, 0.25) is 0 Å². The van der Waals surface area contributed by atoms with Crippen LogP contribution in [0, 0.1) is 0 Å². The van der Waals surface area contributed by atoms with Gasteiger partial charge >= 0.3 is 0 Å². The second-order valence-corrected chi connectivity index (χ2v) is 11.0. The van der Waals surface area contributed by atoms with Gasteiger partial charge in [0.25, 0.3) is 11.7 Å². The lowest BCUT2D eigenvalue weighted by Gasteiger charge is -2.27. The highest BCUT2D eigenvalue weighted by molar-refractivity contribution is 6.46. The number of ether oxygens (including phenoxy) is 3. The highest BCUT2D eigenvalue weighted by atomic mass is 16.5. The van der Waals surface area contributed by atoms with Gasteiger partial charge in [-0.25, -0.2) is 0 Å². The summed E-state index contributed by atoms with van der Waals surface area (Å²) >= 11 is 0. The molecule has 1 atom stereocenters. The van der Waals surface area contributed by atoms with Crippen LogP contribution in [0.5, 0.6) is 17.2 Å². The Kier molecular flexibility index (Phi) is 8.77. The predicted molar refractivity (Wildman–Crippen MR) is 148 cm³/mol. The van der Waals surface area contributed by atoms with Crippen LogP contribution in [0.15, 0.2) is 42.0 Å². The van der Waals surface area contributed by atoms with Gasteiger partial charge in [0.2, 0.25) is 0 Å². The Bertz CT molecular complexity index is 1230. The zero-order valence-electron chi connectivity index (χ0n) is 23.9. The number of ketones is 1. The van der Waals surface area contributed by atoms with E-state index >= 15 is 0 Å². The summed E-state index contributed by atoms with van der Waals surface area (Å²) in [6.07, 6.45) is -0.0666. The molecule has 1 unspecified atom stereocenters. The fourth-order valence-corrected chi connectivity index (χ4v) is 4.48. The number of rotatable bonds is 9. The normalized spacial score (nSPS) is 17.4. The number of aliphatic hydroxyl groups is 1. The Morgan fingerprint density at radius 1 is 1.00 bits per heavy atom. The van der Waals surface area contributed by atoms with Gasteiger partial charge in [0.1, 0.15) is 11.5 Å². The molecule has 8 nitrogen and oxygen atoms in total. The number of Topliss-reactive ketones (excluding diaryl/α,β-unsaturated/α-hetero) is 1. The first-order valence-electron chi connectivity index (χ1n) is 12.8. The number of carbonyl (C=O) groups excluding carboxylic acids is 2. The van der Waals surface area contributed by atoms with E-state index in [-0.39, 0.29) is 22.9 Å². The van der Waals surface area contributed by atoms with Gasteiger partial charge in [0.15, 0.2) is 11.5 Å². The van der Waals surface area contributed by atoms with Crippen LogP contribution in [0.25, 0.3) is 5.76 Å². The first-order valence-corrected chi connectivity index (χ1v) is 12.8. The summed E-state index contributed by atoms with van der Waals surface area (Å²) in [5, 5.41) is 11.7. The molecule has 3 rings (SSSR count). The van der Waals surface area contributed by atoms with Crippen molar-refractivity contribution in [3.8, 4) is 17.2 Å². The summed E-state index contributed by atoms with van der Waals surface area (Å²) in [5.74, 6) is -0.239. The summed E-state index contributed by atoms with van der Waals surface area (Å²) in [4.78, 5) is 30.3. The van der Waals surface area contributed by atoms with Gasteiger partial charge in [0, 0.05) is 13.1 Å². The van der Waals surface area contributed by atoms with Crippen LogP contribution in [0.4, 0.5) is 0 Å². The molecule has 0 aromatic heterocycles. The van der Waals surface area contributed by atoms with Crippen molar-refractivity contribution in [3.63, 3.8) is 0 Å². The van der Waals surface area contributed by atoms with Crippen molar-refractivity contribution in [1.29, 1.82) is 0 Å². The zero-order chi connectivity index (χ0) is 28.4. The highest BCUT2D eigenvalue weighted by Crippen LogP contribution is 2.43. The molecule has 1 fully saturated rings. The van der Waals surface area contributed by atoms with Crippen LogP contribution in [0.1, 0.15) is 57.4 Å². The topological polar surface area (TPSA) is 88.5 Å². The molecule has 206 valence electrons. The Hall–Kier alpha value is -3.52. The molecular weight excluding hydrogens is 484 g/mol. The fourth-order valence-electron chi connectivity index (χ4n) is 4.48. The molecule has 1 saturated heterocycles. The monoisotopic (exact) mass is 524 g/mol. The third-order valence-corrected chi connectivity index (χ3v) is 6.51. The first kappa shape index (κ1) is 29.0. The first-order chi connectivity index (χ1) is 17.8. The van der Waals surface area contributed by atoms with Crippen molar-refractivity contribution in [1.82, 2.24) is 9.80 Å². The second kappa shape index (κ2) is 11.5. The highest BCUT2D eigenvalue weighted by Gasteiger charge is 2.46. The lowest BCUT2D eigenvalue weighted by molar-refractivity contribution is -0.140. The Labute approximate surface area is 225 Å². The molecule has 1 aliphatic rings. The van der Waals surface area contributed by atoms with Gasteiger partial charge in [-0.15, -0.1) is 0 Å². The molecule has 0 radical (unpaired) electrons. The molecule has 2 aromatic carbocycles. The third-order valence-electron chi connectivity index (χ3n) is 6.51. The largest absolute Gasteiger partial charge is 0.507 e. The number of benzene rings is 2. The predicted octanol–water partition coefficient (Wildman–Crippen LogP) is 4.77. The molecule has 1 heterocycles. The number of likely N-dealkylation sites (N-methyl/N-ethyl adjacent to an activating group) is 1. The molecule has 0 spiro atoms. The summed E-state index contributed by atoms with van der Waals surface area (Å²) in [5.41, 5.74) is 1.75. The molecule has 2 aromatic rings. The second-order valence-electron chi connectivity index (χ2n) is 11.0. The van der Waals surface area contributed by atoms with Crippen LogP contribution in [0.3, 0.4) is 0 Å². The Morgan fingerprint density at radius 2 is 1.63 bits per heavy atom. The molecule has 0 aliphatic carbocycles. The van der Waals surface area contributed by atoms with Crippen molar-refractivity contribution < 1.29 is 28.9 Å². The minimum Gasteiger partial charge on any atom is -0.507 e. The third kappa shape index (κ3) is 5.96. The quantitative estimate of drug-likeness (QED) is 0.287. The number of carbonyl (C=O) groups is 2. The van der Waals surface area contributed by atoms with Crippen LogP contribution >= 0.6 is 0 Å². The summed E-state index contributed by atoms with van der Waals surface area (Å²) in [6, 6.07) is 10.0. The smallest absolute Gasteiger partial charge is 0.295 e. The SMILES string of the molecule is COc1cc(C2/C(=C(\O)c3cc(C(C)(C)C)ccc3OC)C(=O)C(=O)N2CCN(C)C)ccc1OC(C)C. The lowest BCUT2D eigenvalue weighted by Crippen LogP contribution is -2.35. The van der Waals surface area contributed by atoms with E-state index in [0.717, 1.165) is 5.56 Å². The molecule has 0 saturated carbocycles. The maximum Gasteiger partial charge on any atom is 0.295 e. The van der Waals surface area contributed by atoms with Crippen molar-refractivity contribution in [2.45, 2.75) is 52.2 Å². The minimum atomic E-state index is -0.819. The molecule has 38 heavy (non-hydrogen) atoms. The van der Waals surface area contributed by atoms with Crippen LogP contribution in [-0.4, -0.2) is 74.1 Å². The van der Waals surface area contributed by atoms with Crippen LogP contribution in [-0.2, 0) is 15.0 Å². The number of nitrogens with zero attached hydrogens (tertiary/aromatic N) is 2. The van der Waals surface area contributed by atoms with E-state index in [2.05, 4.69) is 20.8 Å². The molecule has 8 heteroatoms. The van der Waals surface area contributed by atoms with E-state index in [1.807, 2.05) is 45.0 Å². The fraction of sp³-hybridized carbons (Fsp3) is 0.467. The molecular formula is C30H40N2O6. The summed E-state index contributed by atoms with van der Waals surface area (Å²) in [7, 11) is 6.84. The average molecular weight is 525 g/mol. The number of methoxy groups -OCH3 is 2. The number of likely N-dealkylation sites (tertiary alicyclic amines) is 1. The van der Waals surface area contributed by atoms with Crippen molar-refractivity contribution in [2.75, 3.05) is 41.4 Å². The zero-order valence-corrected chi connectivity index (χ0v) is 23.9. The van der Waals surface area contributed by atoms with Gasteiger partial charge in [-0.1, -0.05) is 32.9 Å². The molecule has 1 amide bonds. The number of hydrogen-bond donors (Lipinski definition) is 1. The summed E-state index contributed by atoms with van der Waals surface area (Å²) < 4.78 is 17.0. The van der Waals surface area contributed by atoms with E-state index in [9.17, 15) is 14.7 Å². The Balaban J connectivity index is 2.27. The van der Waals surface area contributed by atoms with Crippen molar-refractivity contribution >= 4 is 17.4 Å². The van der Waals surface area contributed by atoms with E-state index in [0.29, 0.717) is 41.5 Å². The molecule has 0 bridgehead atoms. The van der Waals surface area contributed by atoms with Gasteiger partial charge in [-0.05, 0) is 68.8 Å². The van der Waals surface area contributed by atoms with Crippen LogP contribution < -0.4 is 14.2 Å². The van der Waals surface area contributed by atoms with E-state index in [1.165, 1.54) is 19.1 Å². The molecule has 1 N–H and O–H groups in total. The lowest BCUT2D eigenvalue weighted by atomic mass is 9.85. The number of amides is 1. The van der Waals surface area contributed by atoms with Gasteiger partial charge in [-0.3, -0.25) is 9.59 Å². The molecule has 1 aliphatic heterocycles. The van der Waals surface area contributed by atoms with Crippen molar-refractivity contribution in [2.24, 2.45) is 0 Å². The van der Waals surface area contributed by atoms with Crippen molar-refractivity contribution in [3.05, 3.63) is 58.7 Å². The van der Waals surface area contributed by atoms with E-state index in [4.69, 9.17) is 14.2 Å². The summed E-state index contributed by atoms with van der Waals surface area (Å²) in [6.45, 7) is 10.9. The number of hydrogen-bond acceptors (Lipinski definition) is 7. The van der Waals surface area contributed by atoms with E-state index < -0.39 is 17.7 Å². The average Bonchev–Trinajstić information content (AvgIpc) is 3.10. The van der Waals surface area contributed by atoms with E-state index in [1.54, 1.807) is 24.3 Å². The van der Waals surface area contributed by atoms with Gasteiger partial charge in [0.05, 0.1) is 37.5 Å². The van der Waals surface area contributed by atoms with Gasteiger partial charge < -0.3 is 29.1 Å². The maximum atomic E-state index is 13.5.